The zero-order valence-electron chi connectivity index (χ0n) is 15.7. The number of rotatable bonds is 6. The van der Waals surface area contributed by atoms with Gasteiger partial charge in [0.15, 0.2) is 5.78 Å². The predicted octanol–water partition coefficient (Wildman–Crippen LogP) is 2.30. The smallest absolute Gasteiger partial charge is 0.267 e. The molecule has 1 saturated carbocycles. The lowest BCUT2D eigenvalue weighted by molar-refractivity contribution is -0.129. The lowest BCUT2D eigenvalue weighted by Crippen LogP contribution is -2.48. The van der Waals surface area contributed by atoms with Crippen LogP contribution in [0.5, 0.6) is 0 Å². The Hall–Kier alpha value is -2.02. The van der Waals surface area contributed by atoms with Gasteiger partial charge in [0, 0.05) is 38.2 Å². The second-order valence-corrected chi connectivity index (χ2v) is 7.40. The standard InChI is InChI=1S/C21H29N3O3/c25-19(23-27)11-8-16-6-9-17(10-7-16)20(24-14-12-22-13-15-24)21(26)18-4-2-1-3-5-18/h6-11,18,20,22,27H,1-5,12-15H2,(H,23,25)/b11-8+. The van der Waals surface area contributed by atoms with Gasteiger partial charge in [-0.05, 0) is 30.0 Å². The van der Waals surface area contributed by atoms with Crippen molar-refractivity contribution in [2.75, 3.05) is 26.2 Å². The summed E-state index contributed by atoms with van der Waals surface area (Å²) in [5.41, 5.74) is 3.45. The van der Waals surface area contributed by atoms with E-state index < -0.39 is 5.91 Å². The summed E-state index contributed by atoms with van der Waals surface area (Å²) in [4.78, 5) is 26.8. The van der Waals surface area contributed by atoms with Crippen molar-refractivity contribution < 1.29 is 14.8 Å². The molecule has 0 aromatic heterocycles. The van der Waals surface area contributed by atoms with Gasteiger partial charge in [0.25, 0.3) is 5.91 Å². The number of hydroxylamine groups is 1. The van der Waals surface area contributed by atoms with E-state index in [-0.39, 0.29) is 12.0 Å². The second-order valence-electron chi connectivity index (χ2n) is 7.40. The first-order chi connectivity index (χ1) is 13.2. The Morgan fingerprint density at radius 3 is 2.41 bits per heavy atom. The van der Waals surface area contributed by atoms with Crippen LogP contribution in [0.2, 0.25) is 0 Å². The molecule has 2 fully saturated rings. The minimum atomic E-state index is -0.565. The van der Waals surface area contributed by atoms with E-state index in [9.17, 15) is 9.59 Å². The highest BCUT2D eigenvalue weighted by molar-refractivity contribution is 5.91. The molecule has 3 N–H and O–H groups in total. The Morgan fingerprint density at radius 1 is 1.11 bits per heavy atom. The molecule has 6 heteroatoms. The Labute approximate surface area is 160 Å². The van der Waals surface area contributed by atoms with Gasteiger partial charge in [-0.25, -0.2) is 5.48 Å². The summed E-state index contributed by atoms with van der Waals surface area (Å²) in [6.07, 6.45) is 8.48. The lowest BCUT2D eigenvalue weighted by Gasteiger charge is -2.36. The van der Waals surface area contributed by atoms with E-state index in [0.717, 1.165) is 63.0 Å². The van der Waals surface area contributed by atoms with E-state index >= 15 is 0 Å². The Balaban J connectivity index is 1.80. The van der Waals surface area contributed by atoms with Crippen LogP contribution in [-0.2, 0) is 9.59 Å². The highest BCUT2D eigenvalue weighted by atomic mass is 16.5. The van der Waals surface area contributed by atoms with Crippen molar-refractivity contribution in [3.63, 3.8) is 0 Å². The summed E-state index contributed by atoms with van der Waals surface area (Å²) < 4.78 is 0. The molecule has 3 rings (SSSR count). The van der Waals surface area contributed by atoms with Crippen molar-refractivity contribution >= 4 is 17.8 Å². The molecule has 1 saturated heterocycles. The fourth-order valence-corrected chi connectivity index (χ4v) is 4.10. The van der Waals surface area contributed by atoms with E-state index in [4.69, 9.17) is 5.21 Å². The van der Waals surface area contributed by atoms with Crippen molar-refractivity contribution in [3.05, 3.63) is 41.5 Å². The van der Waals surface area contributed by atoms with Crippen LogP contribution in [-0.4, -0.2) is 48.0 Å². The van der Waals surface area contributed by atoms with Crippen molar-refractivity contribution in [2.45, 2.75) is 38.1 Å². The number of nitrogens with one attached hydrogen (secondary N) is 2. The van der Waals surface area contributed by atoms with Crippen molar-refractivity contribution in [2.24, 2.45) is 5.92 Å². The van der Waals surface area contributed by atoms with Crippen LogP contribution in [0.25, 0.3) is 6.08 Å². The Bertz CT molecular complexity index is 660. The maximum absolute atomic E-state index is 13.4. The predicted molar refractivity (Wildman–Crippen MR) is 104 cm³/mol. The molecule has 1 aliphatic carbocycles. The minimum absolute atomic E-state index is 0.173. The number of Topliss-reactive ketones (excluding diaryl/α,β-unsaturated/α-hetero) is 1. The molecule has 2 aliphatic rings. The van der Waals surface area contributed by atoms with Gasteiger partial charge in [0.2, 0.25) is 0 Å². The summed E-state index contributed by atoms with van der Waals surface area (Å²) in [5.74, 6) is -0.0312. The highest BCUT2D eigenvalue weighted by Gasteiger charge is 2.33. The van der Waals surface area contributed by atoms with Crippen LogP contribution in [0.1, 0.15) is 49.3 Å². The quantitative estimate of drug-likeness (QED) is 0.406. The third kappa shape index (κ3) is 5.25. The largest absolute Gasteiger partial charge is 0.314 e. The van der Waals surface area contributed by atoms with Gasteiger partial charge in [-0.1, -0.05) is 43.5 Å². The van der Waals surface area contributed by atoms with Crippen molar-refractivity contribution in [3.8, 4) is 0 Å². The zero-order valence-corrected chi connectivity index (χ0v) is 15.7. The van der Waals surface area contributed by atoms with Crippen LogP contribution >= 0.6 is 0 Å². The van der Waals surface area contributed by atoms with Gasteiger partial charge in [-0.15, -0.1) is 0 Å². The number of carbonyl (C=O) groups excluding carboxylic acids is 2. The normalized spacial score (nSPS) is 20.5. The number of carbonyl (C=O) groups is 2. The third-order valence-corrected chi connectivity index (χ3v) is 5.58. The summed E-state index contributed by atoms with van der Waals surface area (Å²) in [6.45, 7) is 3.57. The first-order valence-electron chi connectivity index (χ1n) is 9.89. The Morgan fingerprint density at radius 2 is 1.78 bits per heavy atom. The molecule has 0 bridgehead atoms. The molecule has 27 heavy (non-hydrogen) atoms. The molecule has 0 spiro atoms. The lowest BCUT2D eigenvalue weighted by atomic mass is 9.81. The molecule has 146 valence electrons. The molecule has 1 aliphatic heterocycles. The molecule has 1 amide bonds. The number of nitrogens with zero attached hydrogens (tertiary/aromatic N) is 1. The van der Waals surface area contributed by atoms with E-state index in [1.165, 1.54) is 12.5 Å². The molecule has 1 aromatic rings. The van der Waals surface area contributed by atoms with Gasteiger partial charge >= 0.3 is 0 Å². The fraction of sp³-hybridized carbons (Fsp3) is 0.524. The van der Waals surface area contributed by atoms with Crippen LogP contribution in [0.3, 0.4) is 0 Å². The average molecular weight is 371 g/mol. The van der Waals surface area contributed by atoms with Gasteiger partial charge in [-0.2, -0.15) is 0 Å². The van der Waals surface area contributed by atoms with E-state index in [1.807, 2.05) is 24.3 Å². The number of benzene rings is 1. The first kappa shape index (κ1) is 19.7. The second kappa shape index (κ2) is 9.78. The van der Waals surface area contributed by atoms with Gasteiger partial charge in [0.05, 0.1) is 6.04 Å². The molecule has 6 nitrogen and oxygen atoms in total. The van der Waals surface area contributed by atoms with Crippen LogP contribution in [0.4, 0.5) is 0 Å². The number of ketones is 1. The van der Waals surface area contributed by atoms with Crippen LogP contribution < -0.4 is 10.8 Å². The topological polar surface area (TPSA) is 81.7 Å². The fourth-order valence-electron chi connectivity index (χ4n) is 4.10. The number of hydrogen-bond donors (Lipinski definition) is 3. The molecular formula is C21H29N3O3. The number of amides is 1. The maximum Gasteiger partial charge on any atom is 0.267 e. The maximum atomic E-state index is 13.4. The van der Waals surface area contributed by atoms with Gasteiger partial charge in [-0.3, -0.25) is 19.7 Å². The zero-order chi connectivity index (χ0) is 19.1. The first-order valence-corrected chi connectivity index (χ1v) is 9.89. The summed E-state index contributed by atoms with van der Waals surface area (Å²) >= 11 is 0. The van der Waals surface area contributed by atoms with Crippen molar-refractivity contribution in [1.82, 2.24) is 15.7 Å². The van der Waals surface area contributed by atoms with E-state index in [0.29, 0.717) is 5.78 Å². The molecule has 1 aromatic carbocycles. The van der Waals surface area contributed by atoms with Gasteiger partial charge < -0.3 is 5.32 Å². The Kier molecular flexibility index (Phi) is 7.15. The summed E-state index contributed by atoms with van der Waals surface area (Å²) in [7, 11) is 0. The monoisotopic (exact) mass is 371 g/mol. The molecule has 1 unspecified atom stereocenters. The van der Waals surface area contributed by atoms with E-state index in [1.54, 1.807) is 11.6 Å². The highest BCUT2D eigenvalue weighted by Crippen LogP contribution is 2.32. The van der Waals surface area contributed by atoms with Gasteiger partial charge in [0.1, 0.15) is 0 Å². The average Bonchev–Trinajstić information content (AvgIpc) is 2.74. The molecule has 1 atom stereocenters. The minimum Gasteiger partial charge on any atom is -0.314 e. The van der Waals surface area contributed by atoms with Crippen LogP contribution in [0.15, 0.2) is 30.3 Å². The summed E-state index contributed by atoms with van der Waals surface area (Å²) in [6, 6.07) is 7.63. The third-order valence-electron chi connectivity index (χ3n) is 5.58. The molecule has 0 radical (unpaired) electrons. The van der Waals surface area contributed by atoms with Crippen LogP contribution in [0, 0.1) is 5.92 Å². The SMILES string of the molecule is O=C(/C=C/c1ccc(C(C(=O)C2CCCCC2)N2CCNCC2)cc1)NO. The van der Waals surface area contributed by atoms with E-state index in [2.05, 4.69) is 10.2 Å². The molecule has 1 heterocycles. The number of hydrogen-bond acceptors (Lipinski definition) is 5. The number of piperazine rings is 1. The summed E-state index contributed by atoms with van der Waals surface area (Å²) in [5, 5.41) is 11.9. The van der Waals surface area contributed by atoms with Crippen molar-refractivity contribution in [1.29, 1.82) is 0 Å². The molecular weight excluding hydrogens is 342 g/mol.